The average molecular weight is 331 g/mol. The van der Waals surface area contributed by atoms with E-state index >= 15 is 0 Å². The number of hydrogen-bond acceptors (Lipinski definition) is 1. The summed E-state index contributed by atoms with van der Waals surface area (Å²) in [6.45, 7) is 4.45. The van der Waals surface area contributed by atoms with Gasteiger partial charge in [0.1, 0.15) is 0 Å². The molecule has 1 N–H and O–H groups in total. The van der Waals surface area contributed by atoms with Crippen molar-refractivity contribution in [3.63, 3.8) is 0 Å². The van der Waals surface area contributed by atoms with E-state index in [1.807, 2.05) is 0 Å². The number of amides is 1. The first-order valence-corrected chi connectivity index (χ1v) is 7.42. The third-order valence-electron chi connectivity index (χ3n) is 3.96. The summed E-state index contributed by atoms with van der Waals surface area (Å²) in [5, 5.41) is 3.75. The SMILES string of the molecule is CC1CCC(NC(=O)c2ccc(Cl)cc2Br)C1C. The molecule has 18 heavy (non-hydrogen) atoms. The van der Waals surface area contributed by atoms with Crippen molar-refractivity contribution in [2.75, 3.05) is 0 Å². The van der Waals surface area contributed by atoms with Crippen molar-refractivity contribution in [3.05, 3.63) is 33.3 Å². The second-order valence-corrected chi connectivity index (χ2v) is 6.41. The first kappa shape index (κ1) is 13.9. The van der Waals surface area contributed by atoms with Crippen molar-refractivity contribution in [2.24, 2.45) is 11.8 Å². The zero-order chi connectivity index (χ0) is 13.3. The number of benzene rings is 1. The van der Waals surface area contributed by atoms with E-state index < -0.39 is 0 Å². The van der Waals surface area contributed by atoms with Gasteiger partial charge in [-0.05, 0) is 58.8 Å². The predicted octanol–water partition coefficient (Wildman–Crippen LogP) is 4.27. The van der Waals surface area contributed by atoms with Crippen LogP contribution in [0.2, 0.25) is 5.02 Å². The van der Waals surface area contributed by atoms with E-state index in [-0.39, 0.29) is 11.9 Å². The third kappa shape index (κ3) is 2.89. The highest BCUT2D eigenvalue weighted by Crippen LogP contribution is 2.31. The van der Waals surface area contributed by atoms with Crippen molar-refractivity contribution in [1.82, 2.24) is 5.32 Å². The van der Waals surface area contributed by atoms with E-state index in [9.17, 15) is 4.79 Å². The van der Waals surface area contributed by atoms with E-state index in [1.165, 1.54) is 6.42 Å². The van der Waals surface area contributed by atoms with Crippen LogP contribution in [0.25, 0.3) is 0 Å². The maximum atomic E-state index is 12.2. The Morgan fingerprint density at radius 3 is 2.67 bits per heavy atom. The molecule has 3 unspecified atom stereocenters. The zero-order valence-electron chi connectivity index (χ0n) is 10.5. The van der Waals surface area contributed by atoms with Crippen LogP contribution in [0.1, 0.15) is 37.0 Å². The maximum Gasteiger partial charge on any atom is 0.252 e. The molecule has 0 heterocycles. The Balaban J connectivity index is 2.08. The topological polar surface area (TPSA) is 29.1 Å². The van der Waals surface area contributed by atoms with Gasteiger partial charge >= 0.3 is 0 Å². The molecule has 0 aromatic heterocycles. The molecule has 1 aromatic carbocycles. The summed E-state index contributed by atoms with van der Waals surface area (Å²) in [4.78, 5) is 12.2. The van der Waals surface area contributed by atoms with Gasteiger partial charge in [0.15, 0.2) is 0 Å². The van der Waals surface area contributed by atoms with Crippen molar-refractivity contribution in [3.8, 4) is 0 Å². The van der Waals surface area contributed by atoms with E-state index in [2.05, 4.69) is 35.1 Å². The lowest BCUT2D eigenvalue weighted by Crippen LogP contribution is -2.37. The molecular formula is C14H17BrClNO. The second kappa shape index (κ2) is 5.62. The third-order valence-corrected chi connectivity index (χ3v) is 4.85. The lowest BCUT2D eigenvalue weighted by Gasteiger charge is -2.20. The van der Waals surface area contributed by atoms with Crippen molar-refractivity contribution in [1.29, 1.82) is 0 Å². The summed E-state index contributed by atoms with van der Waals surface area (Å²) in [7, 11) is 0. The monoisotopic (exact) mass is 329 g/mol. The fourth-order valence-electron chi connectivity index (χ4n) is 2.49. The van der Waals surface area contributed by atoms with Crippen LogP contribution in [0, 0.1) is 11.8 Å². The van der Waals surface area contributed by atoms with Crippen LogP contribution in [-0.2, 0) is 0 Å². The van der Waals surface area contributed by atoms with Crippen LogP contribution in [0.4, 0.5) is 0 Å². The van der Waals surface area contributed by atoms with Crippen LogP contribution < -0.4 is 5.32 Å². The van der Waals surface area contributed by atoms with E-state index in [0.29, 0.717) is 22.4 Å². The number of halogens is 2. The standard InChI is InChI=1S/C14H17BrClNO/c1-8-3-6-13(9(8)2)17-14(18)11-5-4-10(16)7-12(11)15/h4-5,7-9,13H,3,6H2,1-2H3,(H,17,18). The molecule has 4 heteroatoms. The van der Waals surface area contributed by atoms with Crippen LogP contribution in [-0.4, -0.2) is 11.9 Å². The Morgan fingerprint density at radius 2 is 2.11 bits per heavy atom. The Bertz CT molecular complexity index is 463. The molecule has 0 spiro atoms. The van der Waals surface area contributed by atoms with Crippen LogP contribution in [0.3, 0.4) is 0 Å². The minimum absolute atomic E-state index is 0.0236. The molecule has 0 aliphatic heterocycles. The summed E-state index contributed by atoms with van der Waals surface area (Å²) in [5.41, 5.74) is 0.645. The summed E-state index contributed by atoms with van der Waals surface area (Å²) in [6.07, 6.45) is 2.26. The van der Waals surface area contributed by atoms with Crippen molar-refractivity contribution in [2.45, 2.75) is 32.7 Å². The molecule has 1 fully saturated rings. The molecule has 3 atom stereocenters. The molecule has 2 nitrogen and oxygen atoms in total. The average Bonchev–Trinajstić information content (AvgIpc) is 2.61. The Kier molecular flexibility index (Phi) is 4.33. The quantitative estimate of drug-likeness (QED) is 0.862. The van der Waals surface area contributed by atoms with Crippen LogP contribution in [0.15, 0.2) is 22.7 Å². The second-order valence-electron chi connectivity index (χ2n) is 5.12. The molecule has 1 saturated carbocycles. The van der Waals surface area contributed by atoms with Gasteiger partial charge in [-0.25, -0.2) is 0 Å². The molecule has 0 radical (unpaired) electrons. The molecule has 1 aliphatic carbocycles. The molecule has 1 aromatic rings. The molecule has 0 saturated heterocycles. The lowest BCUT2D eigenvalue weighted by molar-refractivity contribution is 0.0926. The van der Waals surface area contributed by atoms with Gasteiger partial charge in [-0.15, -0.1) is 0 Å². The largest absolute Gasteiger partial charge is 0.349 e. The molecule has 98 valence electrons. The maximum absolute atomic E-state index is 12.2. The van der Waals surface area contributed by atoms with Gasteiger partial charge in [-0.2, -0.15) is 0 Å². The summed E-state index contributed by atoms with van der Waals surface area (Å²) >= 11 is 9.25. The van der Waals surface area contributed by atoms with Gasteiger partial charge in [0, 0.05) is 15.5 Å². The Hall–Kier alpha value is -0.540. The molecule has 1 amide bonds. The van der Waals surface area contributed by atoms with Gasteiger partial charge in [-0.3, -0.25) is 4.79 Å². The summed E-state index contributed by atoms with van der Waals surface area (Å²) < 4.78 is 0.742. The molecule has 1 aliphatic rings. The lowest BCUT2D eigenvalue weighted by atomic mass is 9.97. The summed E-state index contributed by atoms with van der Waals surface area (Å²) in [6, 6.07) is 5.53. The fraction of sp³-hybridized carbons (Fsp3) is 0.500. The summed E-state index contributed by atoms with van der Waals surface area (Å²) in [5.74, 6) is 1.20. The number of nitrogens with one attached hydrogen (secondary N) is 1. The van der Waals surface area contributed by atoms with Crippen molar-refractivity contribution < 1.29 is 4.79 Å². The highest BCUT2D eigenvalue weighted by Gasteiger charge is 2.31. The zero-order valence-corrected chi connectivity index (χ0v) is 12.9. The van der Waals surface area contributed by atoms with Gasteiger partial charge < -0.3 is 5.32 Å². The van der Waals surface area contributed by atoms with E-state index in [1.54, 1.807) is 18.2 Å². The van der Waals surface area contributed by atoms with Gasteiger partial charge in [-0.1, -0.05) is 25.4 Å². The van der Waals surface area contributed by atoms with Gasteiger partial charge in [0.05, 0.1) is 5.56 Å². The van der Waals surface area contributed by atoms with Gasteiger partial charge in [0.25, 0.3) is 5.91 Å². The smallest absolute Gasteiger partial charge is 0.252 e. The normalized spacial score (nSPS) is 27.2. The van der Waals surface area contributed by atoms with Gasteiger partial charge in [0.2, 0.25) is 0 Å². The predicted molar refractivity (Wildman–Crippen MR) is 78.0 cm³/mol. The van der Waals surface area contributed by atoms with E-state index in [0.717, 1.165) is 10.9 Å². The first-order chi connectivity index (χ1) is 8.49. The Labute approximate surface area is 121 Å². The van der Waals surface area contributed by atoms with Crippen LogP contribution in [0.5, 0.6) is 0 Å². The molecule has 2 rings (SSSR count). The first-order valence-electron chi connectivity index (χ1n) is 6.25. The number of carbonyl (C=O) groups is 1. The fourth-order valence-corrected chi connectivity index (χ4v) is 3.35. The minimum atomic E-state index is -0.0236. The Morgan fingerprint density at radius 1 is 1.39 bits per heavy atom. The highest BCUT2D eigenvalue weighted by molar-refractivity contribution is 9.10. The van der Waals surface area contributed by atoms with Crippen LogP contribution >= 0.6 is 27.5 Å². The molecule has 0 bridgehead atoms. The number of hydrogen-bond donors (Lipinski definition) is 1. The molecular weight excluding hydrogens is 314 g/mol. The van der Waals surface area contributed by atoms with E-state index in [4.69, 9.17) is 11.6 Å². The number of rotatable bonds is 2. The minimum Gasteiger partial charge on any atom is -0.349 e. The highest BCUT2D eigenvalue weighted by atomic mass is 79.9. The number of carbonyl (C=O) groups excluding carboxylic acids is 1. The van der Waals surface area contributed by atoms with Crippen molar-refractivity contribution >= 4 is 33.4 Å².